The van der Waals surface area contributed by atoms with Crippen LogP contribution in [0.25, 0.3) is 5.69 Å². The number of hydrogen-bond acceptors (Lipinski definition) is 3. The predicted molar refractivity (Wildman–Crippen MR) is 121 cm³/mol. The number of benzene rings is 3. The van der Waals surface area contributed by atoms with Crippen LogP contribution in [0.15, 0.2) is 89.7 Å². The van der Waals surface area contributed by atoms with E-state index < -0.39 is 17.2 Å². The van der Waals surface area contributed by atoms with Crippen molar-refractivity contribution in [3.8, 4) is 17.5 Å². The van der Waals surface area contributed by atoms with E-state index in [1.807, 2.05) is 36.4 Å². The first-order valence-corrected chi connectivity index (χ1v) is 9.85. The second-order valence-corrected chi connectivity index (χ2v) is 7.01. The quantitative estimate of drug-likeness (QED) is 0.499. The number of hydrogen-bond donors (Lipinski definition) is 1. The Morgan fingerprint density at radius 1 is 0.906 bits per heavy atom. The summed E-state index contributed by atoms with van der Waals surface area (Å²) in [6.45, 7) is 1.62. The third kappa shape index (κ3) is 4.63. The van der Waals surface area contributed by atoms with Gasteiger partial charge in [0.2, 0.25) is 5.43 Å². The standard InChI is InChI=1S/C26H18FN3O2/c1-18-16-24(31)25(29-30(18)23-13-6-5-12-22(23)27)26(32)28-21-11-7-10-20(17-21)15-14-19-8-3-2-4-9-19/h2-13,16-17H,1H3,(H,28,32). The van der Waals surface area contributed by atoms with Gasteiger partial charge in [0.05, 0.1) is 0 Å². The topological polar surface area (TPSA) is 64.0 Å². The molecular weight excluding hydrogens is 405 g/mol. The summed E-state index contributed by atoms with van der Waals surface area (Å²) in [4.78, 5) is 25.2. The third-order valence-corrected chi connectivity index (χ3v) is 4.65. The number of para-hydroxylation sites is 1. The van der Waals surface area contributed by atoms with Gasteiger partial charge in [-0.15, -0.1) is 0 Å². The van der Waals surface area contributed by atoms with Crippen LogP contribution >= 0.6 is 0 Å². The number of amides is 1. The summed E-state index contributed by atoms with van der Waals surface area (Å²) in [6.07, 6.45) is 0. The molecule has 0 aliphatic heterocycles. The van der Waals surface area contributed by atoms with Crippen LogP contribution in [0.5, 0.6) is 0 Å². The maximum atomic E-state index is 14.2. The maximum absolute atomic E-state index is 14.2. The van der Waals surface area contributed by atoms with Gasteiger partial charge in [-0.05, 0) is 49.4 Å². The molecule has 0 saturated carbocycles. The van der Waals surface area contributed by atoms with E-state index in [-0.39, 0.29) is 11.4 Å². The number of aryl methyl sites for hydroxylation is 1. The predicted octanol–water partition coefficient (Wildman–Crippen LogP) is 4.33. The van der Waals surface area contributed by atoms with Crippen LogP contribution in [0.3, 0.4) is 0 Å². The van der Waals surface area contributed by atoms with Gasteiger partial charge >= 0.3 is 0 Å². The van der Waals surface area contributed by atoms with Crippen LogP contribution in [0.4, 0.5) is 10.1 Å². The number of carbonyl (C=O) groups is 1. The highest BCUT2D eigenvalue weighted by Crippen LogP contribution is 2.14. The second kappa shape index (κ2) is 9.11. The SMILES string of the molecule is Cc1cc(=O)c(C(=O)Nc2cccc(C#Cc3ccccc3)c2)nn1-c1ccccc1F. The summed E-state index contributed by atoms with van der Waals surface area (Å²) < 4.78 is 15.5. The molecule has 0 fully saturated rings. The molecular formula is C26H18FN3O2. The first kappa shape index (κ1) is 20.8. The largest absolute Gasteiger partial charge is 0.320 e. The monoisotopic (exact) mass is 423 g/mol. The third-order valence-electron chi connectivity index (χ3n) is 4.65. The zero-order valence-corrected chi connectivity index (χ0v) is 17.2. The molecule has 156 valence electrons. The van der Waals surface area contributed by atoms with Gasteiger partial charge in [-0.3, -0.25) is 9.59 Å². The van der Waals surface area contributed by atoms with Gasteiger partial charge in [0.1, 0.15) is 11.5 Å². The fourth-order valence-electron chi connectivity index (χ4n) is 3.10. The Morgan fingerprint density at radius 2 is 1.59 bits per heavy atom. The number of carbonyl (C=O) groups excluding carboxylic acids is 1. The number of aromatic nitrogens is 2. The van der Waals surface area contributed by atoms with E-state index in [0.29, 0.717) is 16.9 Å². The van der Waals surface area contributed by atoms with Gasteiger partial charge in [-0.25, -0.2) is 9.07 Å². The van der Waals surface area contributed by atoms with E-state index in [9.17, 15) is 14.0 Å². The lowest BCUT2D eigenvalue weighted by molar-refractivity contribution is 0.101. The van der Waals surface area contributed by atoms with Crippen molar-refractivity contribution in [3.05, 3.63) is 123 Å². The average Bonchev–Trinajstić information content (AvgIpc) is 2.79. The van der Waals surface area contributed by atoms with Gasteiger partial charge in [-0.2, -0.15) is 5.10 Å². The Hall–Kier alpha value is -4.50. The summed E-state index contributed by atoms with van der Waals surface area (Å²) in [5, 5.41) is 6.80. The smallest absolute Gasteiger partial charge is 0.280 e. The van der Waals surface area contributed by atoms with Gasteiger partial charge in [0.15, 0.2) is 5.69 Å². The summed E-state index contributed by atoms with van der Waals surface area (Å²) in [6, 6.07) is 23.8. The van der Waals surface area contributed by atoms with Crippen LogP contribution in [0, 0.1) is 24.6 Å². The molecule has 0 radical (unpaired) electrons. The second-order valence-electron chi connectivity index (χ2n) is 7.01. The van der Waals surface area contributed by atoms with Crippen LogP contribution in [-0.4, -0.2) is 15.7 Å². The molecule has 32 heavy (non-hydrogen) atoms. The van der Waals surface area contributed by atoms with Crippen molar-refractivity contribution in [3.63, 3.8) is 0 Å². The molecule has 0 bridgehead atoms. The van der Waals surface area contributed by atoms with Crippen LogP contribution < -0.4 is 10.7 Å². The Bertz CT molecular complexity index is 1420. The van der Waals surface area contributed by atoms with Gasteiger partial charge in [0, 0.05) is 28.6 Å². The first-order chi connectivity index (χ1) is 15.5. The Balaban J connectivity index is 1.61. The van der Waals surface area contributed by atoms with E-state index in [2.05, 4.69) is 22.3 Å². The molecule has 0 aliphatic carbocycles. The molecule has 6 heteroatoms. The molecule has 1 heterocycles. The van der Waals surface area contributed by atoms with Crippen molar-refractivity contribution in [2.45, 2.75) is 6.92 Å². The average molecular weight is 423 g/mol. The summed E-state index contributed by atoms with van der Waals surface area (Å²) in [5.41, 5.74) is 1.72. The molecule has 0 unspecified atom stereocenters. The van der Waals surface area contributed by atoms with Crippen molar-refractivity contribution in [2.24, 2.45) is 0 Å². The number of anilines is 1. The number of halogens is 1. The van der Waals surface area contributed by atoms with Gasteiger partial charge < -0.3 is 5.32 Å². The fraction of sp³-hybridized carbons (Fsp3) is 0.0385. The fourth-order valence-corrected chi connectivity index (χ4v) is 3.10. The lowest BCUT2D eigenvalue weighted by Gasteiger charge is -2.12. The highest BCUT2D eigenvalue weighted by molar-refractivity contribution is 6.02. The van der Waals surface area contributed by atoms with E-state index >= 15 is 0 Å². The van der Waals surface area contributed by atoms with E-state index in [1.54, 1.807) is 37.3 Å². The molecule has 0 atom stereocenters. The maximum Gasteiger partial charge on any atom is 0.280 e. The number of nitrogens with one attached hydrogen (secondary N) is 1. The number of nitrogens with zero attached hydrogens (tertiary/aromatic N) is 2. The molecule has 5 nitrogen and oxygen atoms in total. The van der Waals surface area contributed by atoms with E-state index in [0.717, 1.165) is 5.56 Å². The molecule has 3 aromatic carbocycles. The number of rotatable bonds is 3. The summed E-state index contributed by atoms with van der Waals surface area (Å²) in [7, 11) is 0. The zero-order valence-electron chi connectivity index (χ0n) is 17.2. The highest BCUT2D eigenvalue weighted by Gasteiger charge is 2.17. The lowest BCUT2D eigenvalue weighted by atomic mass is 10.1. The summed E-state index contributed by atoms with van der Waals surface area (Å²) in [5.74, 6) is 4.90. The van der Waals surface area contributed by atoms with Crippen molar-refractivity contribution < 1.29 is 9.18 Å². The van der Waals surface area contributed by atoms with Crippen molar-refractivity contribution in [1.82, 2.24) is 9.78 Å². The minimum Gasteiger partial charge on any atom is -0.320 e. The Morgan fingerprint density at radius 3 is 2.38 bits per heavy atom. The Labute approximate surface area is 184 Å². The Kier molecular flexibility index (Phi) is 5.91. The van der Waals surface area contributed by atoms with Crippen molar-refractivity contribution in [1.29, 1.82) is 0 Å². The molecule has 4 aromatic rings. The van der Waals surface area contributed by atoms with E-state index in [4.69, 9.17) is 0 Å². The molecule has 1 N–H and O–H groups in total. The lowest BCUT2D eigenvalue weighted by Crippen LogP contribution is -2.27. The first-order valence-electron chi connectivity index (χ1n) is 9.85. The van der Waals surface area contributed by atoms with Crippen molar-refractivity contribution in [2.75, 3.05) is 5.32 Å². The van der Waals surface area contributed by atoms with Crippen LogP contribution in [-0.2, 0) is 0 Å². The minimum atomic E-state index is -0.687. The molecule has 1 aromatic heterocycles. The summed E-state index contributed by atoms with van der Waals surface area (Å²) >= 11 is 0. The zero-order chi connectivity index (χ0) is 22.5. The van der Waals surface area contributed by atoms with Gasteiger partial charge in [-0.1, -0.05) is 48.2 Å². The molecule has 0 saturated heterocycles. The highest BCUT2D eigenvalue weighted by atomic mass is 19.1. The van der Waals surface area contributed by atoms with Crippen LogP contribution in [0.2, 0.25) is 0 Å². The molecule has 0 spiro atoms. The molecule has 1 amide bonds. The van der Waals surface area contributed by atoms with Gasteiger partial charge in [0.25, 0.3) is 5.91 Å². The minimum absolute atomic E-state index is 0.150. The van der Waals surface area contributed by atoms with Crippen LogP contribution in [0.1, 0.15) is 27.3 Å². The molecule has 4 rings (SSSR count). The van der Waals surface area contributed by atoms with E-state index in [1.165, 1.54) is 22.9 Å². The molecule has 0 aliphatic rings. The normalized spacial score (nSPS) is 10.2. The van der Waals surface area contributed by atoms with Crippen molar-refractivity contribution >= 4 is 11.6 Å².